The molecule has 1 aliphatic rings. The standard InChI is InChI=1S/C23H23ClF2N8O/c1-13(35)33-6-3-15(4-7-33)34-12-17(19-2-5-27-23(31-19)30-11-20(25)26)21(32-34)14-8-16-18(24)10-29-22(16)28-9-14/h2,5,8-10,12,15,20H,3-4,6-7,11H2,1H3,(H,28,29)(H,27,30,31). The quantitative estimate of drug-likeness (QED) is 0.406. The SMILES string of the molecule is CC(=O)N1CCC(n2cc(-c3ccnc(NCC(F)F)n3)c(-c3cnc4[nH]cc(Cl)c4c3)n2)CC1. The zero-order chi connectivity index (χ0) is 24.5. The van der Waals surface area contributed by atoms with E-state index in [1.807, 2.05) is 21.8 Å². The Morgan fingerprint density at radius 3 is 2.86 bits per heavy atom. The molecule has 4 aromatic rings. The van der Waals surface area contributed by atoms with Crippen molar-refractivity contribution >= 4 is 34.5 Å². The lowest BCUT2D eigenvalue weighted by Gasteiger charge is -2.31. The van der Waals surface area contributed by atoms with Gasteiger partial charge in [0.2, 0.25) is 11.9 Å². The number of hydrogen-bond acceptors (Lipinski definition) is 6. The van der Waals surface area contributed by atoms with E-state index >= 15 is 0 Å². The number of nitrogens with one attached hydrogen (secondary N) is 2. The van der Waals surface area contributed by atoms with E-state index < -0.39 is 13.0 Å². The van der Waals surface area contributed by atoms with E-state index in [0.717, 1.165) is 23.8 Å². The minimum Gasteiger partial charge on any atom is -0.348 e. The van der Waals surface area contributed by atoms with E-state index in [0.29, 0.717) is 40.7 Å². The second kappa shape index (κ2) is 9.57. The van der Waals surface area contributed by atoms with Crippen molar-refractivity contribution in [3.63, 3.8) is 0 Å². The number of pyridine rings is 1. The predicted octanol–water partition coefficient (Wildman–Crippen LogP) is 4.40. The number of H-pyrrole nitrogens is 1. The first-order valence-electron chi connectivity index (χ1n) is 11.2. The molecule has 0 aliphatic carbocycles. The van der Waals surface area contributed by atoms with Crippen molar-refractivity contribution in [1.29, 1.82) is 0 Å². The van der Waals surface area contributed by atoms with Crippen molar-refractivity contribution in [3.8, 4) is 22.5 Å². The van der Waals surface area contributed by atoms with Crippen LogP contribution >= 0.6 is 11.6 Å². The van der Waals surface area contributed by atoms with Crippen LogP contribution in [0.3, 0.4) is 0 Å². The number of anilines is 1. The fourth-order valence-electron chi connectivity index (χ4n) is 4.29. The summed E-state index contributed by atoms with van der Waals surface area (Å²) >= 11 is 6.32. The highest BCUT2D eigenvalue weighted by molar-refractivity contribution is 6.35. The van der Waals surface area contributed by atoms with E-state index in [1.54, 1.807) is 25.4 Å². The van der Waals surface area contributed by atoms with Crippen LogP contribution < -0.4 is 5.32 Å². The summed E-state index contributed by atoms with van der Waals surface area (Å²) in [6.07, 6.45) is 5.83. The molecule has 0 bridgehead atoms. The Balaban J connectivity index is 1.55. The molecule has 1 amide bonds. The van der Waals surface area contributed by atoms with E-state index in [4.69, 9.17) is 16.7 Å². The van der Waals surface area contributed by atoms with Gasteiger partial charge in [0.05, 0.1) is 23.3 Å². The molecule has 0 atom stereocenters. The zero-order valence-corrected chi connectivity index (χ0v) is 19.6. The number of hydrogen-bond donors (Lipinski definition) is 2. The van der Waals surface area contributed by atoms with Crippen molar-refractivity contribution in [2.45, 2.75) is 32.2 Å². The summed E-state index contributed by atoms with van der Waals surface area (Å²) in [5.74, 6) is 0.177. The highest BCUT2D eigenvalue weighted by atomic mass is 35.5. The van der Waals surface area contributed by atoms with Crippen molar-refractivity contribution in [3.05, 3.63) is 41.9 Å². The summed E-state index contributed by atoms with van der Waals surface area (Å²) in [5.41, 5.74) is 3.31. The van der Waals surface area contributed by atoms with Gasteiger partial charge in [0, 0.05) is 61.3 Å². The molecule has 12 heteroatoms. The lowest BCUT2D eigenvalue weighted by molar-refractivity contribution is -0.130. The molecule has 0 saturated carbocycles. The molecule has 0 radical (unpaired) electrons. The van der Waals surface area contributed by atoms with Crippen LogP contribution in [0.4, 0.5) is 14.7 Å². The van der Waals surface area contributed by atoms with Gasteiger partial charge in [-0.15, -0.1) is 0 Å². The second-order valence-electron chi connectivity index (χ2n) is 8.40. The average Bonchev–Trinajstić information content (AvgIpc) is 3.47. The van der Waals surface area contributed by atoms with Crippen LogP contribution in [0.15, 0.2) is 36.9 Å². The number of aromatic nitrogens is 6. The number of halogens is 3. The Kier molecular flexibility index (Phi) is 6.33. The van der Waals surface area contributed by atoms with Gasteiger partial charge < -0.3 is 15.2 Å². The highest BCUT2D eigenvalue weighted by Crippen LogP contribution is 2.35. The summed E-state index contributed by atoms with van der Waals surface area (Å²) in [7, 11) is 0. The Bertz CT molecular complexity index is 1360. The molecule has 9 nitrogen and oxygen atoms in total. The average molecular weight is 501 g/mol. The summed E-state index contributed by atoms with van der Waals surface area (Å²) in [6.45, 7) is 2.35. The normalized spacial score (nSPS) is 14.7. The fourth-order valence-corrected chi connectivity index (χ4v) is 4.49. The van der Waals surface area contributed by atoms with Gasteiger partial charge >= 0.3 is 0 Å². The highest BCUT2D eigenvalue weighted by Gasteiger charge is 2.25. The number of amides is 1. The molecule has 0 spiro atoms. The van der Waals surface area contributed by atoms with Gasteiger partial charge in [-0.25, -0.2) is 23.7 Å². The van der Waals surface area contributed by atoms with Gasteiger partial charge in [-0.1, -0.05) is 11.6 Å². The largest absolute Gasteiger partial charge is 0.348 e. The summed E-state index contributed by atoms with van der Waals surface area (Å²) in [6, 6.07) is 3.72. The van der Waals surface area contributed by atoms with E-state index in [2.05, 4.69) is 25.3 Å². The third kappa shape index (κ3) is 4.81. The Morgan fingerprint density at radius 2 is 2.11 bits per heavy atom. The maximum absolute atomic E-state index is 12.7. The molecule has 35 heavy (non-hydrogen) atoms. The maximum Gasteiger partial charge on any atom is 0.255 e. The van der Waals surface area contributed by atoms with Crippen LogP contribution in [-0.2, 0) is 4.79 Å². The first-order chi connectivity index (χ1) is 16.9. The van der Waals surface area contributed by atoms with Gasteiger partial charge in [-0.3, -0.25) is 9.48 Å². The van der Waals surface area contributed by atoms with Crippen molar-refractivity contribution < 1.29 is 13.6 Å². The molecule has 4 aromatic heterocycles. The Labute approximate surface area is 204 Å². The molecule has 182 valence electrons. The van der Waals surface area contributed by atoms with Gasteiger partial charge in [-0.2, -0.15) is 5.10 Å². The summed E-state index contributed by atoms with van der Waals surface area (Å²) in [4.78, 5) is 29.6. The first kappa shape index (κ1) is 23.2. The number of carbonyl (C=O) groups is 1. The zero-order valence-electron chi connectivity index (χ0n) is 18.9. The second-order valence-corrected chi connectivity index (χ2v) is 8.81. The Hall–Kier alpha value is -3.60. The van der Waals surface area contributed by atoms with Crippen LogP contribution in [0.25, 0.3) is 33.5 Å². The molecule has 1 fully saturated rings. The number of fused-ring (bicyclic) bond motifs is 1. The number of aromatic amines is 1. The molecule has 1 saturated heterocycles. The molecular formula is C23H23ClF2N8O. The number of carbonyl (C=O) groups excluding carboxylic acids is 1. The molecule has 5 rings (SSSR count). The number of piperidine rings is 1. The molecular weight excluding hydrogens is 478 g/mol. The minimum atomic E-state index is -2.52. The number of alkyl halides is 2. The van der Waals surface area contributed by atoms with Gasteiger partial charge in [0.1, 0.15) is 11.3 Å². The lowest BCUT2D eigenvalue weighted by Crippen LogP contribution is -2.37. The molecule has 5 heterocycles. The number of likely N-dealkylation sites (tertiary alicyclic amines) is 1. The van der Waals surface area contributed by atoms with Crippen LogP contribution in [0.1, 0.15) is 25.8 Å². The van der Waals surface area contributed by atoms with E-state index in [1.165, 1.54) is 6.20 Å². The van der Waals surface area contributed by atoms with Gasteiger partial charge in [-0.05, 0) is 25.0 Å². The van der Waals surface area contributed by atoms with Gasteiger partial charge in [0.15, 0.2) is 0 Å². The van der Waals surface area contributed by atoms with Crippen molar-refractivity contribution in [1.82, 2.24) is 34.6 Å². The third-order valence-corrected chi connectivity index (χ3v) is 6.43. The lowest BCUT2D eigenvalue weighted by atomic mass is 10.0. The smallest absolute Gasteiger partial charge is 0.255 e. The summed E-state index contributed by atoms with van der Waals surface area (Å²) < 4.78 is 27.2. The molecule has 0 aromatic carbocycles. The van der Waals surface area contributed by atoms with Crippen LogP contribution in [0.2, 0.25) is 5.02 Å². The van der Waals surface area contributed by atoms with Gasteiger partial charge in [0.25, 0.3) is 6.43 Å². The molecule has 1 aliphatic heterocycles. The van der Waals surface area contributed by atoms with E-state index in [9.17, 15) is 13.6 Å². The maximum atomic E-state index is 12.7. The molecule has 2 N–H and O–H groups in total. The third-order valence-electron chi connectivity index (χ3n) is 6.12. The number of rotatable bonds is 6. The topological polar surface area (TPSA) is 105 Å². The minimum absolute atomic E-state index is 0.0675. The molecule has 0 unspecified atom stereocenters. The fraction of sp³-hybridized carbons (Fsp3) is 0.348. The van der Waals surface area contributed by atoms with Crippen LogP contribution in [-0.4, -0.2) is 66.6 Å². The van der Waals surface area contributed by atoms with Crippen LogP contribution in [0, 0.1) is 0 Å². The number of nitrogens with zero attached hydrogens (tertiary/aromatic N) is 6. The van der Waals surface area contributed by atoms with Crippen molar-refractivity contribution in [2.75, 3.05) is 25.0 Å². The monoisotopic (exact) mass is 500 g/mol. The predicted molar refractivity (Wildman–Crippen MR) is 128 cm³/mol. The van der Waals surface area contributed by atoms with Crippen LogP contribution in [0.5, 0.6) is 0 Å². The van der Waals surface area contributed by atoms with Crippen molar-refractivity contribution in [2.24, 2.45) is 0 Å². The Morgan fingerprint density at radius 1 is 1.31 bits per heavy atom. The summed E-state index contributed by atoms with van der Waals surface area (Å²) in [5, 5.41) is 8.76. The van der Waals surface area contributed by atoms with E-state index in [-0.39, 0.29) is 17.9 Å². The first-order valence-corrected chi connectivity index (χ1v) is 11.6.